The molecular formula is C25H27N3O5S2. The van der Waals surface area contributed by atoms with E-state index >= 15 is 0 Å². The van der Waals surface area contributed by atoms with E-state index in [1.165, 1.54) is 22.8 Å². The molecule has 1 aromatic heterocycles. The molecule has 3 aromatic rings. The van der Waals surface area contributed by atoms with Crippen molar-refractivity contribution in [2.45, 2.75) is 11.8 Å². The van der Waals surface area contributed by atoms with E-state index in [1.54, 1.807) is 30.3 Å². The van der Waals surface area contributed by atoms with Gasteiger partial charge in [-0.05, 0) is 24.6 Å². The number of sulfonamides is 1. The first-order chi connectivity index (χ1) is 16.8. The molecule has 1 fully saturated rings. The van der Waals surface area contributed by atoms with Crippen molar-refractivity contribution in [2.24, 2.45) is 0 Å². The van der Waals surface area contributed by atoms with Gasteiger partial charge < -0.3 is 10.1 Å². The fourth-order valence-electron chi connectivity index (χ4n) is 3.94. The van der Waals surface area contributed by atoms with Crippen LogP contribution >= 0.6 is 11.3 Å². The highest BCUT2D eigenvalue weighted by Gasteiger charge is 2.29. The van der Waals surface area contributed by atoms with Crippen LogP contribution in [0.4, 0.5) is 5.00 Å². The van der Waals surface area contributed by atoms with Gasteiger partial charge in [-0.3, -0.25) is 9.69 Å². The summed E-state index contributed by atoms with van der Waals surface area (Å²) in [5, 5.41) is 5.11. The van der Waals surface area contributed by atoms with Gasteiger partial charge in [-0.2, -0.15) is 4.31 Å². The minimum atomic E-state index is -3.55. The van der Waals surface area contributed by atoms with E-state index in [-0.39, 0.29) is 17.3 Å². The lowest BCUT2D eigenvalue weighted by Gasteiger charge is -2.33. The molecular weight excluding hydrogens is 486 g/mol. The number of rotatable bonds is 7. The molecule has 1 saturated heterocycles. The largest absolute Gasteiger partial charge is 0.465 e. The fraction of sp³-hybridized carbons (Fsp3) is 0.280. The zero-order valence-electron chi connectivity index (χ0n) is 19.6. The first-order valence-corrected chi connectivity index (χ1v) is 13.5. The molecule has 184 valence electrons. The van der Waals surface area contributed by atoms with Crippen LogP contribution in [0.3, 0.4) is 0 Å². The second-order valence-corrected chi connectivity index (χ2v) is 11.1. The second-order valence-electron chi connectivity index (χ2n) is 8.25. The molecule has 0 atom stereocenters. The number of carbonyl (C=O) groups is 2. The Morgan fingerprint density at radius 3 is 2.29 bits per heavy atom. The van der Waals surface area contributed by atoms with E-state index in [1.807, 2.05) is 41.5 Å². The number of amides is 1. The number of methoxy groups -OCH3 is 1. The quantitative estimate of drug-likeness (QED) is 0.486. The number of nitrogens with zero attached hydrogens (tertiary/aromatic N) is 2. The van der Waals surface area contributed by atoms with Crippen molar-refractivity contribution in [2.75, 3.05) is 45.2 Å². The maximum Gasteiger partial charge on any atom is 0.341 e. The van der Waals surface area contributed by atoms with E-state index in [0.29, 0.717) is 42.3 Å². The van der Waals surface area contributed by atoms with Crippen molar-refractivity contribution in [3.05, 3.63) is 71.1 Å². The smallest absolute Gasteiger partial charge is 0.341 e. The molecule has 35 heavy (non-hydrogen) atoms. The minimum absolute atomic E-state index is 0.0948. The molecule has 2 aromatic carbocycles. The third kappa shape index (κ3) is 5.62. The zero-order chi connectivity index (χ0) is 25.0. The number of piperazine rings is 1. The predicted molar refractivity (Wildman–Crippen MR) is 136 cm³/mol. The number of hydrogen-bond donors (Lipinski definition) is 1. The molecule has 0 unspecified atom stereocenters. The Bertz CT molecular complexity index is 1300. The van der Waals surface area contributed by atoms with E-state index in [4.69, 9.17) is 4.74 Å². The molecule has 1 aliphatic heterocycles. The standard InChI is InChI=1S/C25H27N3O5S2/c1-18-8-10-19(11-9-18)21-17-34-24(23(21)25(30)33-2)26-22(29)16-27-12-14-28(15-13-27)35(31,32)20-6-4-3-5-7-20/h3-11,17H,12-16H2,1-2H3,(H,26,29). The Morgan fingerprint density at radius 2 is 1.66 bits per heavy atom. The summed E-state index contributed by atoms with van der Waals surface area (Å²) in [6.07, 6.45) is 0. The Morgan fingerprint density at radius 1 is 1.00 bits per heavy atom. The molecule has 1 N–H and O–H groups in total. The van der Waals surface area contributed by atoms with Crippen LogP contribution in [-0.4, -0.2) is 69.3 Å². The summed E-state index contributed by atoms with van der Waals surface area (Å²) < 4.78 is 32.0. The fourth-order valence-corrected chi connectivity index (χ4v) is 6.36. The molecule has 0 bridgehead atoms. The first-order valence-electron chi connectivity index (χ1n) is 11.1. The highest BCUT2D eigenvalue weighted by atomic mass is 32.2. The normalized spacial score (nSPS) is 15.0. The molecule has 0 radical (unpaired) electrons. The highest BCUT2D eigenvalue weighted by molar-refractivity contribution is 7.89. The number of esters is 1. The van der Waals surface area contributed by atoms with Gasteiger partial charge in [0.25, 0.3) is 0 Å². The summed E-state index contributed by atoms with van der Waals surface area (Å²) in [6.45, 7) is 3.55. The lowest BCUT2D eigenvalue weighted by Crippen LogP contribution is -2.50. The van der Waals surface area contributed by atoms with Gasteiger partial charge in [0.05, 0.1) is 18.6 Å². The zero-order valence-corrected chi connectivity index (χ0v) is 21.2. The van der Waals surface area contributed by atoms with Gasteiger partial charge in [0.15, 0.2) is 0 Å². The van der Waals surface area contributed by atoms with Crippen molar-refractivity contribution < 1.29 is 22.7 Å². The number of carbonyl (C=O) groups excluding carboxylic acids is 2. The van der Waals surface area contributed by atoms with Crippen LogP contribution in [0.15, 0.2) is 64.9 Å². The van der Waals surface area contributed by atoms with Crippen molar-refractivity contribution in [3.63, 3.8) is 0 Å². The van der Waals surface area contributed by atoms with Crippen molar-refractivity contribution in [1.82, 2.24) is 9.21 Å². The van der Waals surface area contributed by atoms with Gasteiger partial charge in [-0.1, -0.05) is 48.0 Å². The lowest BCUT2D eigenvalue weighted by atomic mass is 10.0. The van der Waals surface area contributed by atoms with E-state index in [2.05, 4.69) is 5.32 Å². The van der Waals surface area contributed by atoms with E-state index in [0.717, 1.165) is 11.1 Å². The van der Waals surface area contributed by atoms with Crippen LogP contribution in [0, 0.1) is 6.92 Å². The first kappa shape index (κ1) is 25.1. The maximum absolute atomic E-state index is 12.8. The molecule has 0 spiro atoms. The summed E-state index contributed by atoms with van der Waals surface area (Å²) in [4.78, 5) is 27.5. The average Bonchev–Trinajstić information content (AvgIpc) is 3.28. The summed E-state index contributed by atoms with van der Waals surface area (Å²) in [7, 11) is -2.24. The molecule has 1 amide bonds. The minimum Gasteiger partial charge on any atom is -0.465 e. The third-order valence-electron chi connectivity index (χ3n) is 5.88. The number of aryl methyl sites for hydroxylation is 1. The molecule has 10 heteroatoms. The van der Waals surface area contributed by atoms with Gasteiger partial charge in [0, 0.05) is 37.1 Å². The number of benzene rings is 2. The third-order valence-corrected chi connectivity index (χ3v) is 8.68. The van der Waals surface area contributed by atoms with Gasteiger partial charge in [0.1, 0.15) is 10.6 Å². The predicted octanol–water partition coefficient (Wildman–Crippen LogP) is 3.46. The van der Waals surface area contributed by atoms with E-state index < -0.39 is 16.0 Å². The molecule has 0 aliphatic carbocycles. The van der Waals surface area contributed by atoms with Gasteiger partial charge in [-0.15, -0.1) is 11.3 Å². The van der Waals surface area contributed by atoms with Crippen molar-refractivity contribution in [1.29, 1.82) is 0 Å². The lowest BCUT2D eigenvalue weighted by molar-refractivity contribution is -0.117. The maximum atomic E-state index is 12.8. The summed E-state index contributed by atoms with van der Waals surface area (Å²) in [6, 6.07) is 16.1. The summed E-state index contributed by atoms with van der Waals surface area (Å²) >= 11 is 1.27. The van der Waals surface area contributed by atoms with Crippen LogP contribution in [0.25, 0.3) is 11.1 Å². The van der Waals surface area contributed by atoms with Gasteiger partial charge in [0.2, 0.25) is 15.9 Å². The van der Waals surface area contributed by atoms with Crippen LogP contribution in [0.2, 0.25) is 0 Å². The van der Waals surface area contributed by atoms with Crippen molar-refractivity contribution in [3.8, 4) is 11.1 Å². The number of ether oxygens (including phenoxy) is 1. The number of nitrogens with one attached hydrogen (secondary N) is 1. The van der Waals surface area contributed by atoms with Gasteiger partial charge >= 0.3 is 5.97 Å². The molecule has 0 saturated carbocycles. The summed E-state index contributed by atoms with van der Waals surface area (Å²) in [5.74, 6) is -0.788. The van der Waals surface area contributed by atoms with Crippen molar-refractivity contribution >= 4 is 38.2 Å². The number of hydrogen-bond acceptors (Lipinski definition) is 7. The van der Waals surface area contributed by atoms with Crippen LogP contribution in [0.1, 0.15) is 15.9 Å². The van der Waals surface area contributed by atoms with Crippen LogP contribution in [0.5, 0.6) is 0 Å². The average molecular weight is 514 g/mol. The SMILES string of the molecule is COC(=O)c1c(-c2ccc(C)cc2)csc1NC(=O)CN1CCN(S(=O)(=O)c2ccccc2)CC1. The highest BCUT2D eigenvalue weighted by Crippen LogP contribution is 2.36. The van der Waals surface area contributed by atoms with Gasteiger partial charge in [-0.25, -0.2) is 13.2 Å². The number of anilines is 1. The Balaban J connectivity index is 1.40. The topological polar surface area (TPSA) is 96.0 Å². The molecule has 2 heterocycles. The Hall–Kier alpha value is -3.05. The van der Waals surface area contributed by atoms with Crippen LogP contribution < -0.4 is 5.32 Å². The molecule has 1 aliphatic rings. The monoisotopic (exact) mass is 513 g/mol. The van der Waals surface area contributed by atoms with E-state index in [9.17, 15) is 18.0 Å². The Labute approximate surface area is 209 Å². The molecule has 4 rings (SSSR count). The summed E-state index contributed by atoms with van der Waals surface area (Å²) in [5.41, 5.74) is 3.00. The number of thiophene rings is 1. The second kappa shape index (κ2) is 10.7. The van der Waals surface area contributed by atoms with Crippen LogP contribution in [-0.2, 0) is 19.6 Å². The Kier molecular flexibility index (Phi) is 7.66. The molecule has 8 nitrogen and oxygen atoms in total.